The molecule has 0 radical (unpaired) electrons. The molecule has 1 aliphatic rings. The second-order valence-corrected chi connectivity index (χ2v) is 6.45. The first-order valence-corrected chi connectivity index (χ1v) is 7.21. The second-order valence-electron chi connectivity index (χ2n) is 6.45. The fourth-order valence-corrected chi connectivity index (χ4v) is 2.39. The maximum absolute atomic E-state index is 12.5. The van der Waals surface area contributed by atoms with E-state index in [0.29, 0.717) is 6.54 Å². The van der Waals surface area contributed by atoms with Crippen molar-refractivity contribution in [3.05, 3.63) is 29.8 Å². The largest absolute Gasteiger partial charge is 0.350 e. The van der Waals surface area contributed by atoms with Gasteiger partial charge >= 0.3 is 0 Å². The van der Waals surface area contributed by atoms with E-state index in [4.69, 9.17) is 0 Å². The summed E-state index contributed by atoms with van der Waals surface area (Å²) in [5.41, 5.74) is 1.53. The standard InChI is InChI=1S/C16H23N3O2/c1-11-15(21)19(10-14(20)18-16(2,3)4)13-8-6-5-7-12(13)9-17-11/h5-8,11,17H,9-10H2,1-4H3,(H,18,20). The lowest BCUT2D eigenvalue weighted by molar-refractivity contribution is -0.125. The highest BCUT2D eigenvalue weighted by Crippen LogP contribution is 2.23. The van der Waals surface area contributed by atoms with Gasteiger partial charge in [-0.2, -0.15) is 0 Å². The number of carbonyl (C=O) groups excluding carboxylic acids is 2. The van der Waals surface area contributed by atoms with Crippen LogP contribution in [0.2, 0.25) is 0 Å². The van der Waals surface area contributed by atoms with Gasteiger partial charge < -0.3 is 15.5 Å². The molecule has 0 aromatic heterocycles. The van der Waals surface area contributed by atoms with E-state index in [1.165, 1.54) is 0 Å². The summed E-state index contributed by atoms with van der Waals surface area (Å²) in [6, 6.07) is 7.38. The Balaban J connectivity index is 2.26. The fraction of sp³-hybridized carbons (Fsp3) is 0.500. The molecule has 0 aliphatic carbocycles. The molecule has 5 heteroatoms. The molecule has 1 atom stereocenters. The van der Waals surface area contributed by atoms with E-state index in [9.17, 15) is 9.59 Å². The van der Waals surface area contributed by atoms with E-state index in [-0.39, 0.29) is 29.9 Å². The maximum atomic E-state index is 12.5. The minimum Gasteiger partial charge on any atom is -0.350 e. The molecule has 0 fully saturated rings. The average molecular weight is 289 g/mol. The van der Waals surface area contributed by atoms with Crippen molar-refractivity contribution in [2.24, 2.45) is 0 Å². The summed E-state index contributed by atoms with van der Waals surface area (Å²) in [6.45, 7) is 8.26. The molecule has 21 heavy (non-hydrogen) atoms. The molecule has 1 aliphatic heterocycles. The molecule has 1 aromatic rings. The van der Waals surface area contributed by atoms with Gasteiger partial charge in [-0.1, -0.05) is 18.2 Å². The number of amides is 2. The van der Waals surface area contributed by atoms with Crippen molar-refractivity contribution < 1.29 is 9.59 Å². The molecule has 114 valence electrons. The average Bonchev–Trinajstić information content (AvgIpc) is 2.49. The van der Waals surface area contributed by atoms with Crippen LogP contribution in [0.5, 0.6) is 0 Å². The number of carbonyl (C=O) groups is 2. The smallest absolute Gasteiger partial charge is 0.244 e. The number of hydrogen-bond acceptors (Lipinski definition) is 3. The SMILES string of the molecule is CC1NCc2ccccc2N(CC(=O)NC(C)(C)C)C1=O. The van der Waals surface area contributed by atoms with Crippen LogP contribution in [0, 0.1) is 0 Å². The van der Waals surface area contributed by atoms with E-state index in [0.717, 1.165) is 11.3 Å². The zero-order valence-electron chi connectivity index (χ0n) is 13.1. The van der Waals surface area contributed by atoms with E-state index >= 15 is 0 Å². The highest BCUT2D eigenvalue weighted by Gasteiger charge is 2.29. The van der Waals surface area contributed by atoms with Crippen molar-refractivity contribution in [3.63, 3.8) is 0 Å². The number of fused-ring (bicyclic) bond motifs is 1. The molecule has 2 N–H and O–H groups in total. The zero-order valence-corrected chi connectivity index (χ0v) is 13.1. The molecule has 1 heterocycles. The Bertz CT molecular complexity index is 549. The minimum absolute atomic E-state index is 0.0408. The molecule has 2 rings (SSSR count). The first-order valence-electron chi connectivity index (χ1n) is 7.21. The molecule has 1 unspecified atom stereocenters. The zero-order chi connectivity index (χ0) is 15.6. The molecule has 0 spiro atoms. The van der Waals surface area contributed by atoms with E-state index in [1.807, 2.05) is 52.0 Å². The van der Waals surface area contributed by atoms with Gasteiger partial charge in [-0.25, -0.2) is 0 Å². The summed E-state index contributed by atoms with van der Waals surface area (Å²) < 4.78 is 0. The monoisotopic (exact) mass is 289 g/mol. The third-order valence-electron chi connectivity index (χ3n) is 3.33. The molecule has 5 nitrogen and oxygen atoms in total. The summed E-state index contributed by atoms with van der Waals surface area (Å²) in [4.78, 5) is 26.2. The molecule has 0 saturated carbocycles. The van der Waals surface area contributed by atoms with Crippen LogP contribution in [0.15, 0.2) is 24.3 Å². The van der Waals surface area contributed by atoms with Crippen LogP contribution in [0.3, 0.4) is 0 Å². The molecule has 0 bridgehead atoms. The highest BCUT2D eigenvalue weighted by atomic mass is 16.2. The van der Waals surface area contributed by atoms with Crippen molar-refractivity contribution >= 4 is 17.5 Å². The maximum Gasteiger partial charge on any atom is 0.244 e. The summed E-state index contributed by atoms with van der Waals surface area (Å²) in [5.74, 6) is -0.233. The fourth-order valence-electron chi connectivity index (χ4n) is 2.39. The Hall–Kier alpha value is -1.88. The van der Waals surface area contributed by atoms with Gasteiger partial charge in [0.05, 0.1) is 6.04 Å². The van der Waals surface area contributed by atoms with Crippen LogP contribution >= 0.6 is 0 Å². The topological polar surface area (TPSA) is 61.4 Å². The van der Waals surface area contributed by atoms with Gasteiger partial charge in [0, 0.05) is 17.8 Å². The number of rotatable bonds is 2. The molecule has 0 saturated heterocycles. The summed E-state index contributed by atoms with van der Waals surface area (Å²) >= 11 is 0. The third kappa shape index (κ3) is 3.82. The van der Waals surface area contributed by atoms with Gasteiger partial charge in [0.25, 0.3) is 0 Å². The summed E-state index contributed by atoms with van der Waals surface area (Å²) in [5, 5.41) is 6.08. The minimum atomic E-state index is -0.310. The highest BCUT2D eigenvalue weighted by molar-refractivity contribution is 6.02. The van der Waals surface area contributed by atoms with Gasteiger partial charge in [0.15, 0.2) is 0 Å². The number of benzene rings is 1. The Morgan fingerprint density at radius 2 is 2.05 bits per heavy atom. The van der Waals surface area contributed by atoms with E-state index in [2.05, 4.69) is 10.6 Å². The molecule has 2 amide bonds. The first-order chi connectivity index (χ1) is 9.78. The molecular formula is C16H23N3O2. The number of nitrogens with zero attached hydrogens (tertiary/aromatic N) is 1. The van der Waals surface area contributed by atoms with Gasteiger partial charge in [-0.15, -0.1) is 0 Å². The van der Waals surface area contributed by atoms with Crippen molar-refractivity contribution in [3.8, 4) is 0 Å². The van der Waals surface area contributed by atoms with E-state index < -0.39 is 0 Å². The van der Waals surface area contributed by atoms with Crippen LogP contribution in [0.25, 0.3) is 0 Å². The van der Waals surface area contributed by atoms with Crippen LogP contribution in [-0.4, -0.2) is 29.9 Å². The number of para-hydroxylation sites is 1. The first kappa shape index (κ1) is 15.5. The molecule has 1 aromatic carbocycles. The van der Waals surface area contributed by atoms with Gasteiger partial charge in [-0.05, 0) is 39.3 Å². The summed E-state index contributed by atoms with van der Waals surface area (Å²) in [7, 11) is 0. The predicted octanol–water partition coefficient (Wildman–Crippen LogP) is 1.43. The molecular weight excluding hydrogens is 266 g/mol. The quantitative estimate of drug-likeness (QED) is 0.866. The van der Waals surface area contributed by atoms with Crippen molar-refractivity contribution in [2.75, 3.05) is 11.4 Å². The van der Waals surface area contributed by atoms with Gasteiger partial charge in [0.1, 0.15) is 6.54 Å². The van der Waals surface area contributed by atoms with Crippen molar-refractivity contribution in [2.45, 2.75) is 45.8 Å². The lowest BCUT2D eigenvalue weighted by Gasteiger charge is -2.27. The van der Waals surface area contributed by atoms with Gasteiger partial charge in [0.2, 0.25) is 11.8 Å². The lowest BCUT2D eigenvalue weighted by Crippen LogP contribution is -2.50. The van der Waals surface area contributed by atoms with Crippen LogP contribution in [0.1, 0.15) is 33.3 Å². The number of anilines is 1. The predicted molar refractivity (Wildman–Crippen MR) is 83.0 cm³/mol. The van der Waals surface area contributed by atoms with Crippen LogP contribution in [-0.2, 0) is 16.1 Å². The third-order valence-corrected chi connectivity index (χ3v) is 3.33. The Labute approximate surface area is 125 Å². The summed E-state index contributed by atoms with van der Waals surface area (Å²) in [6.07, 6.45) is 0. The van der Waals surface area contributed by atoms with Crippen molar-refractivity contribution in [1.29, 1.82) is 0 Å². The number of nitrogens with one attached hydrogen (secondary N) is 2. The second kappa shape index (κ2) is 5.85. The van der Waals surface area contributed by atoms with E-state index in [1.54, 1.807) is 4.90 Å². The van der Waals surface area contributed by atoms with Gasteiger partial charge in [-0.3, -0.25) is 9.59 Å². The van der Waals surface area contributed by atoms with Crippen molar-refractivity contribution in [1.82, 2.24) is 10.6 Å². The lowest BCUT2D eigenvalue weighted by atomic mass is 10.1. The Kier molecular flexibility index (Phi) is 4.32. The normalized spacial score (nSPS) is 19.0. The van der Waals surface area contributed by atoms with Crippen LogP contribution in [0.4, 0.5) is 5.69 Å². The number of hydrogen-bond donors (Lipinski definition) is 2. The Morgan fingerprint density at radius 3 is 2.71 bits per heavy atom. The van der Waals surface area contributed by atoms with Crippen LogP contribution < -0.4 is 15.5 Å². The Morgan fingerprint density at radius 1 is 1.38 bits per heavy atom.